The van der Waals surface area contributed by atoms with Crippen LogP contribution in [0.15, 0.2) is 23.4 Å². The van der Waals surface area contributed by atoms with Crippen LogP contribution in [0.1, 0.15) is 34.1 Å². The van der Waals surface area contributed by atoms with Crippen LogP contribution in [0.25, 0.3) is 0 Å². The Labute approximate surface area is 103 Å². The van der Waals surface area contributed by atoms with Crippen LogP contribution in [-0.4, -0.2) is 16.7 Å². The molecule has 1 unspecified atom stereocenters. The zero-order chi connectivity index (χ0) is 12.3. The van der Waals surface area contributed by atoms with Gasteiger partial charge in [-0.25, -0.2) is 0 Å². The predicted molar refractivity (Wildman–Crippen MR) is 72.2 cm³/mol. The van der Waals surface area contributed by atoms with E-state index in [0.29, 0.717) is 10.9 Å². The number of aliphatic hydroxyl groups excluding tert-OH is 1. The summed E-state index contributed by atoms with van der Waals surface area (Å²) in [7, 11) is 0. The molecule has 0 saturated heterocycles. The van der Waals surface area contributed by atoms with E-state index >= 15 is 0 Å². The van der Waals surface area contributed by atoms with Gasteiger partial charge >= 0.3 is 0 Å². The highest BCUT2D eigenvalue weighted by atomic mass is 32.1. The summed E-state index contributed by atoms with van der Waals surface area (Å²) >= 11 is 4.97. The Morgan fingerprint density at radius 3 is 2.56 bits per heavy atom. The van der Waals surface area contributed by atoms with E-state index in [1.807, 2.05) is 0 Å². The fourth-order valence-corrected chi connectivity index (χ4v) is 1.90. The van der Waals surface area contributed by atoms with Crippen molar-refractivity contribution in [1.29, 1.82) is 0 Å². The van der Waals surface area contributed by atoms with Crippen LogP contribution in [0, 0.1) is 11.3 Å². The molecule has 2 N–H and O–H groups in total. The summed E-state index contributed by atoms with van der Waals surface area (Å²) in [5.74, 6) is 0.434. The molecular weight excluding hydrogens is 218 g/mol. The first kappa shape index (κ1) is 13.4. The summed E-state index contributed by atoms with van der Waals surface area (Å²) in [5, 5.41) is 12.0. The van der Waals surface area contributed by atoms with Crippen molar-refractivity contribution in [3.05, 3.63) is 23.4 Å². The van der Waals surface area contributed by atoms with Gasteiger partial charge in [0.1, 0.15) is 4.99 Å². The van der Waals surface area contributed by atoms with Crippen LogP contribution >= 0.6 is 12.2 Å². The molecule has 1 rings (SSSR count). The Morgan fingerprint density at radius 2 is 2.12 bits per heavy atom. The van der Waals surface area contributed by atoms with Gasteiger partial charge in [-0.15, -0.1) is 0 Å². The van der Waals surface area contributed by atoms with Crippen molar-refractivity contribution < 1.29 is 5.11 Å². The van der Waals surface area contributed by atoms with Crippen molar-refractivity contribution in [3.8, 4) is 0 Å². The molecule has 0 aromatic carbocycles. The molecule has 2 nitrogen and oxygen atoms in total. The molecule has 0 fully saturated rings. The maximum absolute atomic E-state index is 8.89. The van der Waals surface area contributed by atoms with Gasteiger partial charge in [-0.1, -0.05) is 51.6 Å². The van der Waals surface area contributed by atoms with E-state index in [2.05, 4.69) is 45.2 Å². The molecule has 16 heavy (non-hydrogen) atoms. The third-order valence-electron chi connectivity index (χ3n) is 2.91. The maximum Gasteiger partial charge on any atom is 0.105 e. The van der Waals surface area contributed by atoms with E-state index in [4.69, 9.17) is 17.3 Å². The van der Waals surface area contributed by atoms with Crippen molar-refractivity contribution in [2.75, 3.05) is 6.61 Å². The molecule has 0 spiro atoms. The lowest BCUT2D eigenvalue weighted by Crippen LogP contribution is -2.29. The number of rotatable bonds is 2. The summed E-state index contributed by atoms with van der Waals surface area (Å²) < 4.78 is 0. The van der Waals surface area contributed by atoms with Crippen LogP contribution < -0.4 is 5.32 Å². The molecular formula is C13H21NOS. The molecule has 0 saturated carbocycles. The fraction of sp³-hybridized carbons (Fsp3) is 0.615. The first-order valence-corrected chi connectivity index (χ1v) is 6.07. The zero-order valence-electron chi connectivity index (χ0n) is 10.5. The largest absolute Gasteiger partial charge is 0.389 e. The van der Waals surface area contributed by atoms with Gasteiger partial charge in [0.15, 0.2) is 0 Å². The van der Waals surface area contributed by atoms with E-state index in [1.165, 1.54) is 5.57 Å². The number of allylic oxidation sites excluding steroid dienone is 4. The molecule has 1 aliphatic carbocycles. The van der Waals surface area contributed by atoms with E-state index in [1.54, 1.807) is 0 Å². The molecule has 90 valence electrons. The first-order chi connectivity index (χ1) is 7.34. The highest BCUT2D eigenvalue weighted by Gasteiger charge is 2.23. The molecule has 0 heterocycles. The van der Waals surface area contributed by atoms with Gasteiger partial charge in [0.05, 0.1) is 6.61 Å². The smallest absolute Gasteiger partial charge is 0.105 e. The second kappa shape index (κ2) is 5.11. The second-order valence-corrected chi connectivity index (χ2v) is 5.87. The summed E-state index contributed by atoms with van der Waals surface area (Å²) in [6, 6.07) is 0. The number of nitrogens with one attached hydrogen (secondary N) is 1. The lowest BCUT2D eigenvalue weighted by atomic mass is 9.78. The fourth-order valence-electron chi connectivity index (χ4n) is 1.78. The average molecular weight is 239 g/mol. The quantitative estimate of drug-likeness (QED) is 0.727. The number of hydrogen-bond donors (Lipinski definition) is 2. The van der Waals surface area contributed by atoms with Gasteiger partial charge in [0.25, 0.3) is 0 Å². The Balaban J connectivity index is 2.79. The molecule has 0 radical (unpaired) electrons. The van der Waals surface area contributed by atoms with E-state index in [-0.39, 0.29) is 12.0 Å². The topological polar surface area (TPSA) is 32.3 Å². The first-order valence-electron chi connectivity index (χ1n) is 5.66. The normalized spacial score (nSPS) is 21.2. The molecule has 1 atom stereocenters. The SMILES string of the molecule is CC1CC(C(C)(C)C)=CC=C1NC(=S)CO. The molecule has 0 amide bonds. The van der Waals surface area contributed by atoms with E-state index in [9.17, 15) is 0 Å². The monoisotopic (exact) mass is 239 g/mol. The van der Waals surface area contributed by atoms with Gasteiger partial charge in [-0.3, -0.25) is 0 Å². The van der Waals surface area contributed by atoms with Crippen molar-refractivity contribution in [2.45, 2.75) is 34.1 Å². The minimum atomic E-state index is -0.0881. The third-order valence-corrected chi connectivity index (χ3v) is 3.14. The Morgan fingerprint density at radius 1 is 1.50 bits per heavy atom. The predicted octanol–water partition coefficient (Wildman–Crippen LogP) is 2.79. The van der Waals surface area contributed by atoms with Crippen molar-refractivity contribution >= 4 is 17.2 Å². The summed E-state index contributed by atoms with van der Waals surface area (Å²) in [6.07, 6.45) is 5.30. The standard InChI is InChI=1S/C13H21NOS/c1-9-7-10(13(2,3)4)5-6-11(9)14-12(16)8-15/h5-6,9,15H,7-8H2,1-4H3,(H,14,16). The number of thiocarbonyl (C=S) groups is 1. The van der Waals surface area contributed by atoms with Gasteiger partial charge in [-0.05, 0) is 23.8 Å². The zero-order valence-corrected chi connectivity index (χ0v) is 11.3. The van der Waals surface area contributed by atoms with Crippen molar-refractivity contribution in [3.63, 3.8) is 0 Å². The number of aliphatic hydroxyl groups is 1. The maximum atomic E-state index is 8.89. The Bertz CT molecular complexity index is 336. The molecule has 3 heteroatoms. The molecule has 1 aliphatic rings. The molecule has 0 aromatic rings. The minimum Gasteiger partial charge on any atom is -0.389 e. The lowest BCUT2D eigenvalue weighted by molar-refractivity contribution is 0.355. The third kappa shape index (κ3) is 3.42. The summed E-state index contributed by atoms with van der Waals surface area (Å²) in [4.78, 5) is 0.491. The molecule has 0 aliphatic heterocycles. The Hall–Kier alpha value is -0.670. The van der Waals surface area contributed by atoms with Crippen LogP contribution in [0.5, 0.6) is 0 Å². The van der Waals surface area contributed by atoms with Crippen LogP contribution in [-0.2, 0) is 0 Å². The van der Waals surface area contributed by atoms with Gasteiger partial charge in [0.2, 0.25) is 0 Å². The van der Waals surface area contributed by atoms with Crippen LogP contribution in [0.3, 0.4) is 0 Å². The van der Waals surface area contributed by atoms with Gasteiger partial charge < -0.3 is 10.4 Å². The molecule has 0 aromatic heterocycles. The molecule has 0 bridgehead atoms. The van der Waals surface area contributed by atoms with E-state index < -0.39 is 0 Å². The second-order valence-electron chi connectivity index (χ2n) is 5.38. The van der Waals surface area contributed by atoms with E-state index in [0.717, 1.165) is 12.1 Å². The summed E-state index contributed by atoms with van der Waals surface area (Å²) in [5.41, 5.74) is 2.79. The van der Waals surface area contributed by atoms with Gasteiger partial charge in [-0.2, -0.15) is 0 Å². The highest BCUT2D eigenvalue weighted by Crippen LogP contribution is 2.35. The minimum absolute atomic E-state index is 0.0881. The van der Waals surface area contributed by atoms with Crippen molar-refractivity contribution in [1.82, 2.24) is 5.32 Å². The van der Waals surface area contributed by atoms with Crippen LogP contribution in [0.2, 0.25) is 0 Å². The van der Waals surface area contributed by atoms with Crippen LogP contribution in [0.4, 0.5) is 0 Å². The highest BCUT2D eigenvalue weighted by molar-refractivity contribution is 7.80. The summed E-state index contributed by atoms with van der Waals surface area (Å²) in [6.45, 7) is 8.79. The average Bonchev–Trinajstić information content (AvgIpc) is 2.19. The number of hydrogen-bond acceptors (Lipinski definition) is 2. The Kier molecular flexibility index (Phi) is 4.28. The lowest BCUT2D eigenvalue weighted by Gasteiger charge is -2.30. The van der Waals surface area contributed by atoms with Gasteiger partial charge in [0, 0.05) is 5.70 Å². The van der Waals surface area contributed by atoms with Crippen molar-refractivity contribution in [2.24, 2.45) is 11.3 Å².